The molecule has 0 saturated heterocycles. The van der Waals surface area contributed by atoms with Gasteiger partial charge in [0.25, 0.3) is 21.8 Å². The summed E-state index contributed by atoms with van der Waals surface area (Å²) in [5.41, 5.74) is 1.63. The van der Waals surface area contributed by atoms with Crippen LogP contribution in [0.5, 0.6) is 0 Å². The lowest BCUT2D eigenvalue weighted by atomic mass is 10.0. The summed E-state index contributed by atoms with van der Waals surface area (Å²) in [6.07, 6.45) is 3.52. The summed E-state index contributed by atoms with van der Waals surface area (Å²) >= 11 is 0. The minimum atomic E-state index is -3.83. The van der Waals surface area contributed by atoms with Crippen molar-refractivity contribution in [2.24, 2.45) is 4.99 Å². The second-order valence-corrected chi connectivity index (χ2v) is 11.2. The number of hydrogen-bond donors (Lipinski definition) is 2. The van der Waals surface area contributed by atoms with E-state index in [2.05, 4.69) is 15.0 Å². The van der Waals surface area contributed by atoms with Crippen molar-refractivity contribution in [2.75, 3.05) is 11.9 Å². The van der Waals surface area contributed by atoms with Gasteiger partial charge in [-0.25, -0.2) is 8.42 Å². The van der Waals surface area contributed by atoms with Crippen molar-refractivity contribution in [2.45, 2.75) is 43.0 Å². The van der Waals surface area contributed by atoms with Gasteiger partial charge >= 0.3 is 0 Å². The molecular formula is C29H28N4O5S. The standard InChI is InChI=1S/C29H28N4O5S/c34-27(31-21-14-16-22(17-15-21)39(37,38)32-26-13-5-2-8-18-30-26)25(19-20-9-3-1-4-10-20)33-28(35)23-11-6-7-12-24(23)29(33)36/h1,3-4,6-7,9-12,14-17,25H,2,5,8,13,18-19H2,(H,30,32)(H,31,34)/t25-/m0/s1. The lowest BCUT2D eigenvalue weighted by Gasteiger charge is -2.25. The number of rotatable bonds is 7. The molecule has 5 rings (SSSR count). The Morgan fingerprint density at radius 3 is 2.15 bits per heavy atom. The summed E-state index contributed by atoms with van der Waals surface area (Å²) in [5.74, 6) is -1.16. The van der Waals surface area contributed by atoms with Gasteiger partial charge < -0.3 is 5.32 Å². The second-order valence-electron chi connectivity index (χ2n) is 9.49. The van der Waals surface area contributed by atoms with Crippen LogP contribution >= 0.6 is 0 Å². The summed E-state index contributed by atoms with van der Waals surface area (Å²) in [6, 6.07) is 20.2. The largest absolute Gasteiger partial charge is 0.324 e. The smallest absolute Gasteiger partial charge is 0.262 e. The molecular weight excluding hydrogens is 516 g/mol. The predicted octanol–water partition coefficient (Wildman–Crippen LogP) is 3.78. The highest BCUT2D eigenvalue weighted by Gasteiger charge is 2.42. The number of amidine groups is 1. The van der Waals surface area contributed by atoms with Crippen molar-refractivity contribution in [3.63, 3.8) is 0 Å². The number of imide groups is 1. The molecule has 200 valence electrons. The van der Waals surface area contributed by atoms with Crippen LogP contribution in [0.1, 0.15) is 52.0 Å². The molecule has 1 atom stereocenters. The summed E-state index contributed by atoms with van der Waals surface area (Å²) in [6.45, 7) is 0.597. The number of amides is 3. The first-order chi connectivity index (χ1) is 18.8. The summed E-state index contributed by atoms with van der Waals surface area (Å²) in [7, 11) is -3.83. The molecule has 0 bridgehead atoms. The summed E-state index contributed by atoms with van der Waals surface area (Å²) in [4.78, 5) is 45.2. The first kappa shape index (κ1) is 26.3. The van der Waals surface area contributed by atoms with Gasteiger partial charge in [-0.15, -0.1) is 0 Å². The van der Waals surface area contributed by atoms with Crippen LogP contribution < -0.4 is 10.0 Å². The van der Waals surface area contributed by atoms with Crippen molar-refractivity contribution < 1.29 is 22.8 Å². The van der Waals surface area contributed by atoms with Crippen LogP contribution in [-0.4, -0.2) is 49.5 Å². The molecule has 0 aromatic heterocycles. The zero-order valence-electron chi connectivity index (χ0n) is 21.2. The van der Waals surface area contributed by atoms with Gasteiger partial charge in [0.15, 0.2) is 0 Å². The zero-order valence-corrected chi connectivity index (χ0v) is 22.0. The predicted molar refractivity (Wildman–Crippen MR) is 147 cm³/mol. The number of aliphatic imine (C=N–C) groups is 1. The van der Waals surface area contributed by atoms with Gasteiger partial charge in [-0.2, -0.15) is 0 Å². The van der Waals surface area contributed by atoms with E-state index in [4.69, 9.17) is 0 Å². The molecule has 10 heteroatoms. The Labute approximate surface area is 227 Å². The van der Waals surface area contributed by atoms with Crippen molar-refractivity contribution in [3.8, 4) is 0 Å². The van der Waals surface area contributed by atoms with E-state index < -0.39 is 33.8 Å². The zero-order chi connectivity index (χ0) is 27.4. The third kappa shape index (κ3) is 5.75. The molecule has 0 spiro atoms. The fourth-order valence-corrected chi connectivity index (χ4v) is 5.83. The molecule has 2 aliphatic rings. The molecule has 2 aliphatic heterocycles. The van der Waals surface area contributed by atoms with Crippen molar-refractivity contribution in [3.05, 3.63) is 95.6 Å². The molecule has 39 heavy (non-hydrogen) atoms. The topological polar surface area (TPSA) is 125 Å². The number of hydrogen-bond acceptors (Lipinski definition) is 6. The van der Waals surface area contributed by atoms with Crippen molar-refractivity contribution in [1.82, 2.24) is 9.62 Å². The van der Waals surface area contributed by atoms with E-state index in [0.717, 1.165) is 29.7 Å². The average Bonchev–Trinajstić information content (AvgIpc) is 3.08. The normalized spacial score (nSPS) is 16.2. The molecule has 3 amide bonds. The highest BCUT2D eigenvalue weighted by molar-refractivity contribution is 7.90. The third-order valence-corrected chi connectivity index (χ3v) is 8.17. The van der Waals surface area contributed by atoms with Crippen LogP contribution in [-0.2, 0) is 21.2 Å². The maximum Gasteiger partial charge on any atom is 0.262 e. The van der Waals surface area contributed by atoms with E-state index in [1.807, 2.05) is 30.3 Å². The maximum absolute atomic E-state index is 13.5. The molecule has 9 nitrogen and oxygen atoms in total. The van der Waals surface area contributed by atoms with Crippen molar-refractivity contribution in [1.29, 1.82) is 0 Å². The number of nitrogens with zero attached hydrogens (tertiary/aromatic N) is 2. The monoisotopic (exact) mass is 544 g/mol. The van der Waals surface area contributed by atoms with E-state index in [-0.39, 0.29) is 22.4 Å². The van der Waals surface area contributed by atoms with Crippen LogP contribution in [0.25, 0.3) is 0 Å². The highest BCUT2D eigenvalue weighted by atomic mass is 32.2. The number of anilines is 1. The molecule has 3 aromatic rings. The van der Waals surface area contributed by atoms with E-state index in [9.17, 15) is 22.8 Å². The third-order valence-electron chi connectivity index (χ3n) is 6.77. The molecule has 3 aromatic carbocycles. The highest BCUT2D eigenvalue weighted by Crippen LogP contribution is 2.27. The van der Waals surface area contributed by atoms with Gasteiger partial charge in [-0.3, -0.25) is 29.0 Å². The number of carbonyl (C=O) groups excluding carboxylic acids is 3. The summed E-state index contributed by atoms with van der Waals surface area (Å²) < 4.78 is 28.3. The quantitative estimate of drug-likeness (QED) is 0.438. The maximum atomic E-state index is 13.5. The number of sulfonamides is 1. The van der Waals surface area contributed by atoms with Gasteiger partial charge in [0.05, 0.1) is 16.0 Å². The molecule has 2 heterocycles. The number of carbonyl (C=O) groups is 3. The Kier molecular flexibility index (Phi) is 7.56. The Bertz CT molecular complexity index is 1500. The Balaban J connectivity index is 1.35. The van der Waals surface area contributed by atoms with Gasteiger partial charge in [-0.1, -0.05) is 48.9 Å². The molecule has 0 unspecified atom stereocenters. The van der Waals surface area contributed by atoms with Crippen LogP contribution in [0.4, 0.5) is 5.69 Å². The minimum absolute atomic E-state index is 0.0358. The molecule has 0 saturated carbocycles. The minimum Gasteiger partial charge on any atom is -0.324 e. The van der Waals surface area contributed by atoms with Crippen LogP contribution in [0.3, 0.4) is 0 Å². The Morgan fingerprint density at radius 1 is 0.846 bits per heavy atom. The molecule has 2 N–H and O–H groups in total. The first-order valence-electron chi connectivity index (χ1n) is 12.8. The molecule has 0 radical (unpaired) electrons. The lowest BCUT2D eigenvalue weighted by molar-refractivity contribution is -0.119. The van der Waals surface area contributed by atoms with Crippen LogP contribution in [0.15, 0.2) is 88.8 Å². The second kappa shape index (κ2) is 11.2. The number of nitrogens with one attached hydrogen (secondary N) is 2. The van der Waals surface area contributed by atoms with Gasteiger partial charge in [0, 0.05) is 25.1 Å². The lowest BCUT2D eigenvalue weighted by Crippen LogP contribution is -2.48. The van der Waals surface area contributed by atoms with Gasteiger partial charge in [0.2, 0.25) is 5.91 Å². The van der Waals surface area contributed by atoms with Crippen LogP contribution in [0.2, 0.25) is 0 Å². The fourth-order valence-electron chi connectivity index (χ4n) is 4.74. The summed E-state index contributed by atoms with van der Waals surface area (Å²) in [5, 5.41) is 2.75. The van der Waals surface area contributed by atoms with Crippen molar-refractivity contribution >= 4 is 39.3 Å². The Hall–Kier alpha value is -4.31. The van der Waals surface area contributed by atoms with Gasteiger partial charge in [-0.05, 0) is 54.8 Å². The SMILES string of the molecule is O=C(Nc1ccc(S(=O)(=O)NC2=NCCCCC2)cc1)[C@H](Cc1ccccc1)N1C(=O)c2ccccc2C1=O. The number of benzene rings is 3. The fraction of sp³-hybridized carbons (Fsp3) is 0.241. The van der Waals surface area contributed by atoms with E-state index in [1.54, 1.807) is 24.3 Å². The average molecular weight is 545 g/mol. The molecule has 0 aliphatic carbocycles. The van der Waals surface area contributed by atoms with Crippen LogP contribution in [0, 0.1) is 0 Å². The van der Waals surface area contributed by atoms with E-state index in [1.165, 1.54) is 24.3 Å². The van der Waals surface area contributed by atoms with Gasteiger partial charge in [0.1, 0.15) is 11.9 Å². The molecule has 0 fully saturated rings. The number of fused-ring (bicyclic) bond motifs is 1. The van der Waals surface area contributed by atoms with E-state index >= 15 is 0 Å². The van der Waals surface area contributed by atoms with E-state index in [0.29, 0.717) is 24.5 Å². The Morgan fingerprint density at radius 2 is 1.49 bits per heavy atom. The first-order valence-corrected chi connectivity index (χ1v) is 14.3.